The van der Waals surface area contributed by atoms with Gasteiger partial charge in [-0.25, -0.2) is 14.6 Å². The van der Waals surface area contributed by atoms with Crippen LogP contribution >= 0.6 is 0 Å². The Labute approximate surface area is 120 Å². The van der Waals surface area contributed by atoms with E-state index < -0.39 is 23.9 Å². The van der Waals surface area contributed by atoms with Crippen LogP contribution in [-0.4, -0.2) is 34.0 Å². The molecule has 1 aromatic heterocycles. The summed E-state index contributed by atoms with van der Waals surface area (Å²) in [5.74, 6) is -0.898. The third-order valence-corrected chi connectivity index (χ3v) is 2.76. The van der Waals surface area contributed by atoms with E-state index >= 15 is 0 Å². The molecular formula is C12H18N4O5. The number of hydrogen-bond acceptors (Lipinski definition) is 5. The quantitative estimate of drug-likeness (QED) is 0.548. The fraction of sp³-hybridized carbons (Fsp3) is 0.500. The zero-order valence-electron chi connectivity index (χ0n) is 11.8. The van der Waals surface area contributed by atoms with Crippen molar-refractivity contribution in [2.75, 3.05) is 0 Å². The normalized spacial score (nSPS) is 11.7. The first-order chi connectivity index (χ1) is 9.79. The first-order valence-corrected chi connectivity index (χ1v) is 6.28. The van der Waals surface area contributed by atoms with Crippen LogP contribution in [0.3, 0.4) is 0 Å². The van der Waals surface area contributed by atoms with E-state index in [-0.39, 0.29) is 19.4 Å². The van der Waals surface area contributed by atoms with E-state index in [1.807, 2.05) is 0 Å². The minimum absolute atomic E-state index is 0.0304. The molecule has 0 aliphatic rings. The average molecular weight is 298 g/mol. The van der Waals surface area contributed by atoms with Crippen LogP contribution in [0.2, 0.25) is 0 Å². The van der Waals surface area contributed by atoms with Crippen LogP contribution in [0.25, 0.3) is 0 Å². The predicted molar refractivity (Wildman–Crippen MR) is 71.2 cm³/mol. The number of carbonyl (C=O) groups is 3. The second-order valence-electron chi connectivity index (χ2n) is 4.47. The van der Waals surface area contributed by atoms with Crippen molar-refractivity contribution in [2.24, 2.45) is 5.73 Å². The number of carboxylic acid groups (broad SMARTS) is 1. The third kappa shape index (κ3) is 5.51. The molecule has 0 spiro atoms. The molecular weight excluding hydrogens is 280 g/mol. The van der Waals surface area contributed by atoms with Gasteiger partial charge in [-0.15, -0.1) is 0 Å². The Morgan fingerprint density at radius 1 is 1.38 bits per heavy atom. The molecule has 9 heteroatoms. The molecule has 0 aliphatic carbocycles. The molecule has 3 amide bonds. The molecule has 21 heavy (non-hydrogen) atoms. The first kappa shape index (κ1) is 16.5. The van der Waals surface area contributed by atoms with Crippen molar-refractivity contribution < 1.29 is 23.9 Å². The molecule has 0 saturated heterocycles. The highest BCUT2D eigenvalue weighted by molar-refractivity contribution is 5.83. The smallest absolute Gasteiger partial charge is 0.326 e. The summed E-state index contributed by atoms with van der Waals surface area (Å²) in [4.78, 5) is 37.2. The Kier molecular flexibility index (Phi) is 5.70. The minimum atomic E-state index is -1.24. The lowest BCUT2D eigenvalue weighted by atomic mass is 10.1. The van der Waals surface area contributed by atoms with Crippen molar-refractivity contribution in [1.29, 1.82) is 0 Å². The van der Waals surface area contributed by atoms with E-state index in [2.05, 4.69) is 15.6 Å². The van der Waals surface area contributed by atoms with Crippen LogP contribution in [-0.2, 0) is 16.1 Å². The number of aryl methyl sites for hydroxylation is 2. The molecule has 1 aromatic rings. The van der Waals surface area contributed by atoms with Crippen LogP contribution in [0.5, 0.6) is 0 Å². The Morgan fingerprint density at radius 2 is 2.05 bits per heavy atom. The van der Waals surface area contributed by atoms with Crippen molar-refractivity contribution in [1.82, 2.24) is 15.6 Å². The number of rotatable bonds is 7. The third-order valence-electron chi connectivity index (χ3n) is 2.76. The van der Waals surface area contributed by atoms with Gasteiger partial charge in [0.1, 0.15) is 11.8 Å². The van der Waals surface area contributed by atoms with Gasteiger partial charge in [0.15, 0.2) is 0 Å². The number of nitrogens with zero attached hydrogens (tertiary/aromatic N) is 1. The number of primary amides is 1. The van der Waals surface area contributed by atoms with Gasteiger partial charge < -0.3 is 25.9 Å². The average Bonchev–Trinajstić information content (AvgIpc) is 2.71. The van der Waals surface area contributed by atoms with Gasteiger partial charge in [-0.1, -0.05) is 0 Å². The highest BCUT2D eigenvalue weighted by Crippen LogP contribution is 2.07. The lowest BCUT2D eigenvalue weighted by molar-refractivity contribution is -0.139. The fourth-order valence-corrected chi connectivity index (χ4v) is 1.52. The van der Waals surface area contributed by atoms with Crippen LogP contribution in [0.15, 0.2) is 4.42 Å². The highest BCUT2D eigenvalue weighted by Gasteiger charge is 2.20. The number of urea groups is 1. The summed E-state index contributed by atoms with van der Waals surface area (Å²) in [5.41, 5.74) is 5.66. The largest absolute Gasteiger partial charge is 0.480 e. The van der Waals surface area contributed by atoms with Gasteiger partial charge in [-0.05, 0) is 20.3 Å². The van der Waals surface area contributed by atoms with Crippen LogP contribution in [0.1, 0.15) is 30.2 Å². The van der Waals surface area contributed by atoms with Crippen molar-refractivity contribution in [3.63, 3.8) is 0 Å². The van der Waals surface area contributed by atoms with Gasteiger partial charge in [-0.2, -0.15) is 0 Å². The molecule has 0 aliphatic heterocycles. The van der Waals surface area contributed by atoms with Crippen LogP contribution in [0, 0.1) is 13.8 Å². The number of amides is 3. The first-order valence-electron chi connectivity index (χ1n) is 6.28. The van der Waals surface area contributed by atoms with Gasteiger partial charge in [-0.3, -0.25) is 4.79 Å². The monoisotopic (exact) mass is 298 g/mol. The van der Waals surface area contributed by atoms with Crippen molar-refractivity contribution >= 4 is 17.9 Å². The lowest BCUT2D eigenvalue weighted by Gasteiger charge is -2.13. The van der Waals surface area contributed by atoms with Crippen molar-refractivity contribution in [3.05, 3.63) is 17.3 Å². The number of aromatic nitrogens is 1. The van der Waals surface area contributed by atoms with Crippen molar-refractivity contribution in [2.45, 2.75) is 39.3 Å². The summed E-state index contributed by atoms with van der Waals surface area (Å²) in [6, 6.07) is -1.88. The van der Waals surface area contributed by atoms with Crippen LogP contribution < -0.4 is 16.4 Å². The summed E-state index contributed by atoms with van der Waals surface area (Å²) in [6.07, 6.45) is -0.204. The van der Waals surface area contributed by atoms with Gasteiger partial charge in [0, 0.05) is 6.42 Å². The number of carboxylic acids is 1. The standard InChI is InChI=1S/C12H18N4O5/c1-6-7(2)21-10(15-6)5-14-12(20)16-8(11(18)19)3-4-9(13)17/h8H,3-5H2,1-2H3,(H2,13,17)(H,18,19)(H2,14,16,20)/t8-/m0/s1. The van der Waals surface area contributed by atoms with Gasteiger partial charge in [0.25, 0.3) is 0 Å². The van der Waals surface area contributed by atoms with E-state index in [4.69, 9.17) is 15.3 Å². The maximum atomic E-state index is 11.6. The van der Waals surface area contributed by atoms with Crippen molar-refractivity contribution in [3.8, 4) is 0 Å². The molecule has 116 valence electrons. The molecule has 1 heterocycles. The summed E-state index contributed by atoms with van der Waals surface area (Å²) in [6.45, 7) is 3.55. The van der Waals surface area contributed by atoms with E-state index in [0.717, 1.165) is 5.69 Å². The summed E-state index contributed by atoms with van der Waals surface area (Å²) in [5, 5.41) is 13.6. The SMILES string of the molecule is Cc1nc(CNC(=O)N[C@@H](CCC(N)=O)C(=O)O)oc1C. The maximum absolute atomic E-state index is 11.6. The number of hydrogen-bond donors (Lipinski definition) is 4. The number of oxazole rings is 1. The van der Waals surface area contributed by atoms with Gasteiger partial charge in [0.05, 0.1) is 12.2 Å². The molecule has 0 aromatic carbocycles. The molecule has 0 radical (unpaired) electrons. The van der Waals surface area contributed by atoms with E-state index in [9.17, 15) is 14.4 Å². The molecule has 1 atom stereocenters. The van der Waals surface area contributed by atoms with E-state index in [0.29, 0.717) is 11.7 Å². The Bertz CT molecular complexity index is 520. The second kappa shape index (κ2) is 7.27. The summed E-state index contributed by atoms with van der Waals surface area (Å²) in [7, 11) is 0. The minimum Gasteiger partial charge on any atom is -0.480 e. The van der Waals surface area contributed by atoms with Gasteiger partial charge >= 0.3 is 12.0 Å². The second-order valence-corrected chi connectivity index (χ2v) is 4.47. The molecule has 5 N–H and O–H groups in total. The number of nitrogens with two attached hydrogens (primary N) is 1. The van der Waals surface area contributed by atoms with Crippen LogP contribution in [0.4, 0.5) is 4.79 Å². The van der Waals surface area contributed by atoms with Gasteiger partial charge in [0.2, 0.25) is 11.8 Å². The van der Waals surface area contributed by atoms with E-state index in [1.54, 1.807) is 13.8 Å². The number of aliphatic carboxylic acids is 1. The molecule has 0 unspecified atom stereocenters. The molecule has 9 nitrogen and oxygen atoms in total. The fourth-order valence-electron chi connectivity index (χ4n) is 1.52. The molecule has 0 bridgehead atoms. The zero-order chi connectivity index (χ0) is 16.0. The number of carbonyl (C=O) groups excluding carboxylic acids is 2. The Hall–Kier alpha value is -2.58. The predicted octanol–water partition coefficient (Wildman–Crippen LogP) is -0.191. The molecule has 1 rings (SSSR count). The summed E-state index contributed by atoms with van der Waals surface area (Å²) >= 11 is 0. The Morgan fingerprint density at radius 3 is 2.52 bits per heavy atom. The summed E-state index contributed by atoms with van der Waals surface area (Å²) < 4.78 is 5.26. The molecule has 0 saturated carbocycles. The maximum Gasteiger partial charge on any atom is 0.326 e. The Balaban J connectivity index is 2.46. The van der Waals surface area contributed by atoms with E-state index in [1.165, 1.54) is 0 Å². The highest BCUT2D eigenvalue weighted by atomic mass is 16.4. The lowest BCUT2D eigenvalue weighted by Crippen LogP contribution is -2.46. The molecule has 0 fully saturated rings. The topological polar surface area (TPSA) is 148 Å². The zero-order valence-corrected chi connectivity index (χ0v) is 11.8. The number of nitrogens with one attached hydrogen (secondary N) is 2.